The summed E-state index contributed by atoms with van der Waals surface area (Å²) in [6.45, 7) is 6.99. The summed E-state index contributed by atoms with van der Waals surface area (Å²) >= 11 is 0. The van der Waals surface area contributed by atoms with E-state index in [1.165, 1.54) is 0 Å². The zero-order valence-electron chi connectivity index (χ0n) is 7.51. The highest BCUT2D eigenvalue weighted by atomic mass is 16.4. The second-order valence-electron chi connectivity index (χ2n) is 4.09. The van der Waals surface area contributed by atoms with Crippen LogP contribution in [0.1, 0.15) is 34.1 Å². The van der Waals surface area contributed by atoms with Gasteiger partial charge in [0.2, 0.25) is 0 Å². The molecule has 0 rings (SSSR count). The summed E-state index contributed by atoms with van der Waals surface area (Å²) in [6.07, 6.45) is -0.212. The number of carboxylic acids is 1. The average molecular weight is 160 g/mol. The monoisotopic (exact) mass is 160 g/mol. The Morgan fingerprint density at radius 2 is 1.64 bits per heavy atom. The Morgan fingerprint density at radius 3 is 1.73 bits per heavy atom. The van der Waals surface area contributed by atoms with E-state index in [9.17, 15) is 9.90 Å². The van der Waals surface area contributed by atoms with Crippen molar-refractivity contribution < 1.29 is 15.0 Å². The van der Waals surface area contributed by atoms with Crippen LogP contribution in [0.25, 0.3) is 0 Å². The summed E-state index contributed by atoms with van der Waals surface area (Å²) in [7, 11) is 0. The van der Waals surface area contributed by atoms with Crippen molar-refractivity contribution in [2.75, 3.05) is 0 Å². The van der Waals surface area contributed by atoms with Gasteiger partial charge < -0.3 is 10.2 Å². The second-order valence-corrected chi connectivity index (χ2v) is 4.09. The second kappa shape index (κ2) is 2.81. The van der Waals surface area contributed by atoms with Crippen molar-refractivity contribution in [2.24, 2.45) is 5.41 Å². The Labute approximate surface area is 67.0 Å². The molecule has 11 heavy (non-hydrogen) atoms. The van der Waals surface area contributed by atoms with Crippen LogP contribution in [0.15, 0.2) is 0 Å². The molecule has 0 heterocycles. The predicted octanol–water partition coefficient (Wildman–Crippen LogP) is 1.26. The van der Waals surface area contributed by atoms with E-state index < -0.39 is 17.0 Å². The minimum atomic E-state index is -1.14. The van der Waals surface area contributed by atoms with Gasteiger partial charge in [-0.2, -0.15) is 0 Å². The van der Waals surface area contributed by atoms with Gasteiger partial charge in [-0.3, -0.25) is 4.79 Å². The molecule has 0 fully saturated rings. The van der Waals surface area contributed by atoms with Crippen molar-refractivity contribution in [1.82, 2.24) is 0 Å². The van der Waals surface area contributed by atoms with Gasteiger partial charge in [0.05, 0.1) is 12.0 Å². The number of aliphatic carboxylic acids is 1. The minimum absolute atomic E-state index is 0.212. The highest BCUT2D eigenvalue weighted by Crippen LogP contribution is 2.32. The fraction of sp³-hybridized carbons (Fsp3) is 0.875. The van der Waals surface area contributed by atoms with E-state index in [1.54, 1.807) is 6.92 Å². The molecule has 0 unspecified atom stereocenters. The Hall–Kier alpha value is -0.570. The molecule has 0 aliphatic rings. The highest BCUT2D eigenvalue weighted by molar-refractivity contribution is 5.68. The predicted molar refractivity (Wildman–Crippen MR) is 42.3 cm³/mol. The summed E-state index contributed by atoms with van der Waals surface area (Å²) in [4.78, 5) is 10.3. The summed E-state index contributed by atoms with van der Waals surface area (Å²) in [5.41, 5.74) is -1.54. The lowest BCUT2D eigenvalue weighted by atomic mass is 9.76. The lowest BCUT2D eigenvalue weighted by Crippen LogP contribution is -2.41. The van der Waals surface area contributed by atoms with Crippen molar-refractivity contribution in [1.29, 1.82) is 0 Å². The quantitative estimate of drug-likeness (QED) is 0.639. The van der Waals surface area contributed by atoms with Gasteiger partial charge in [-0.25, -0.2) is 0 Å². The molecule has 0 aromatic carbocycles. The lowest BCUT2D eigenvalue weighted by Gasteiger charge is -2.35. The smallest absolute Gasteiger partial charge is 0.306 e. The minimum Gasteiger partial charge on any atom is -0.481 e. The first-order valence-corrected chi connectivity index (χ1v) is 3.61. The van der Waals surface area contributed by atoms with Crippen LogP contribution in [-0.4, -0.2) is 21.8 Å². The maximum Gasteiger partial charge on any atom is 0.306 e. The van der Waals surface area contributed by atoms with Crippen LogP contribution in [0.3, 0.4) is 0 Å². The molecule has 3 heteroatoms. The molecule has 0 aromatic heterocycles. The first-order valence-electron chi connectivity index (χ1n) is 3.61. The van der Waals surface area contributed by atoms with Crippen molar-refractivity contribution >= 4 is 5.97 Å². The normalized spacial score (nSPS) is 17.5. The van der Waals surface area contributed by atoms with E-state index in [0.717, 1.165) is 0 Å². The number of hydrogen-bond donors (Lipinski definition) is 2. The van der Waals surface area contributed by atoms with Gasteiger partial charge in [0, 0.05) is 0 Å². The van der Waals surface area contributed by atoms with Crippen LogP contribution < -0.4 is 0 Å². The molecule has 2 N–H and O–H groups in total. The molecule has 1 atom stereocenters. The number of rotatable bonds is 2. The number of carbonyl (C=O) groups is 1. The summed E-state index contributed by atoms with van der Waals surface area (Å²) in [5.74, 6) is -0.968. The van der Waals surface area contributed by atoms with Gasteiger partial charge in [0.15, 0.2) is 0 Å². The molecule has 0 amide bonds. The van der Waals surface area contributed by atoms with Gasteiger partial charge in [-0.1, -0.05) is 20.8 Å². The SMILES string of the molecule is CC(C)(C)[C@@](C)(O)CC(=O)O. The third-order valence-electron chi connectivity index (χ3n) is 2.11. The zero-order chi connectivity index (χ0) is 9.28. The van der Waals surface area contributed by atoms with E-state index >= 15 is 0 Å². The number of carboxylic acid groups (broad SMARTS) is 1. The summed E-state index contributed by atoms with van der Waals surface area (Å²) in [5, 5.41) is 18.1. The Kier molecular flexibility index (Phi) is 2.67. The molecule has 0 saturated heterocycles. The van der Waals surface area contributed by atoms with Crippen LogP contribution >= 0.6 is 0 Å². The van der Waals surface area contributed by atoms with Crippen molar-refractivity contribution in [3.05, 3.63) is 0 Å². The number of hydrogen-bond acceptors (Lipinski definition) is 2. The van der Waals surface area contributed by atoms with Gasteiger partial charge in [-0.15, -0.1) is 0 Å². The van der Waals surface area contributed by atoms with Gasteiger partial charge in [0.1, 0.15) is 0 Å². The average Bonchev–Trinajstić information content (AvgIpc) is 1.56. The molecule has 3 nitrogen and oxygen atoms in total. The van der Waals surface area contributed by atoms with E-state index in [0.29, 0.717) is 0 Å². The Bertz CT molecular complexity index is 153. The van der Waals surface area contributed by atoms with Crippen molar-refractivity contribution in [3.8, 4) is 0 Å². The van der Waals surface area contributed by atoms with Crippen molar-refractivity contribution in [2.45, 2.75) is 39.7 Å². The number of aliphatic hydroxyl groups is 1. The topological polar surface area (TPSA) is 57.5 Å². The molecular weight excluding hydrogens is 144 g/mol. The maximum atomic E-state index is 10.3. The Morgan fingerprint density at radius 1 is 1.27 bits per heavy atom. The molecule has 0 radical (unpaired) electrons. The molecular formula is C8H16O3. The maximum absolute atomic E-state index is 10.3. The largest absolute Gasteiger partial charge is 0.481 e. The van der Waals surface area contributed by atoms with Crippen LogP contribution in [-0.2, 0) is 4.79 Å². The van der Waals surface area contributed by atoms with Crippen molar-refractivity contribution in [3.63, 3.8) is 0 Å². The van der Waals surface area contributed by atoms with Gasteiger partial charge >= 0.3 is 5.97 Å². The highest BCUT2D eigenvalue weighted by Gasteiger charge is 2.37. The van der Waals surface area contributed by atoms with E-state index in [2.05, 4.69) is 0 Å². The fourth-order valence-electron chi connectivity index (χ4n) is 0.560. The van der Waals surface area contributed by atoms with E-state index in [4.69, 9.17) is 5.11 Å². The molecule has 0 saturated carbocycles. The van der Waals surface area contributed by atoms with E-state index in [1.807, 2.05) is 20.8 Å². The van der Waals surface area contributed by atoms with Gasteiger partial charge in [-0.05, 0) is 12.3 Å². The molecule has 0 aliphatic heterocycles. The first kappa shape index (κ1) is 10.4. The third-order valence-corrected chi connectivity index (χ3v) is 2.11. The molecule has 0 aliphatic carbocycles. The standard InChI is InChI=1S/C8H16O3/c1-7(2,3)8(4,11)5-6(9)10/h11H,5H2,1-4H3,(H,9,10)/t8-/m0/s1. The summed E-state index contributed by atoms with van der Waals surface area (Å²) < 4.78 is 0. The van der Waals surface area contributed by atoms with Crippen LogP contribution in [0.5, 0.6) is 0 Å². The molecule has 0 aromatic rings. The Balaban J connectivity index is 4.34. The van der Waals surface area contributed by atoms with E-state index in [-0.39, 0.29) is 6.42 Å². The van der Waals surface area contributed by atoms with Crippen LogP contribution in [0.4, 0.5) is 0 Å². The first-order chi connectivity index (χ1) is 4.67. The fourth-order valence-corrected chi connectivity index (χ4v) is 0.560. The third kappa shape index (κ3) is 2.89. The zero-order valence-corrected chi connectivity index (χ0v) is 7.51. The lowest BCUT2D eigenvalue weighted by molar-refractivity contribution is -0.146. The van der Waals surface area contributed by atoms with Crippen LogP contribution in [0.2, 0.25) is 0 Å². The van der Waals surface area contributed by atoms with Crippen LogP contribution in [0, 0.1) is 5.41 Å². The molecule has 0 bridgehead atoms. The summed E-state index contributed by atoms with van der Waals surface area (Å²) in [6, 6.07) is 0. The molecule has 0 spiro atoms. The van der Waals surface area contributed by atoms with Gasteiger partial charge in [0.25, 0.3) is 0 Å². The molecule has 66 valence electrons.